The molecular formula is C25H29FN2O3. The van der Waals surface area contributed by atoms with E-state index >= 15 is 0 Å². The van der Waals surface area contributed by atoms with Crippen molar-refractivity contribution in [3.8, 4) is 11.5 Å². The lowest BCUT2D eigenvalue weighted by Crippen LogP contribution is -2.36. The lowest BCUT2D eigenvalue weighted by Gasteiger charge is -2.24. The molecule has 1 N–H and O–H groups in total. The van der Waals surface area contributed by atoms with Crippen LogP contribution in [0.3, 0.4) is 0 Å². The van der Waals surface area contributed by atoms with Gasteiger partial charge in [-0.25, -0.2) is 4.39 Å². The number of aliphatic hydroxyl groups is 1. The standard InChI is InChI=1S/C25H29FN2O3/c1-3-14-27(18-22(29)19-31-24-12-10-23(30-2)11-13-24)17-21-8-6-15-28(21)16-20-7-4-5-9-25(20)26/h3-13,15,22,29H,1,14,16-19H2,2H3. The molecule has 0 aliphatic rings. The molecule has 5 nitrogen and oxygen atoms in total. The van der Waals surface area contributed by atoms with E-state index in [1.807, 2.05) is 53.2 Å². The number of nitrogens with zero attached hydrogens (tertiary/aromatic N) is 2. The van der Waals surface area contributed by atoms with Crippen molar-refractivity contribution < 1.29 is 19.0 Å². The van der Waals surface area contributed by atoms with Gasteiger partial charge in [0.05, 0.1) is 13.7 Å². The molecule has 1 heterocycles. The summed E-state index contributed by atoms with van der Waals surface area (Å²) in [5.41, 5.74) is 1.68. The summed E-state index contributed by atoms with van der Waals surface area (Å²) in [5, 5.41) is 10.5. The van der Waals surface area contributed by atoms with Gasteiger partial charge in [0, 0.05) is 37.1 Å². The number of hydrogen-bond donors (Lipinski definition) is 1. The first-order chi connectivity index (χ1) is 15.1. The van der Waals surface area contributed by atoms with E-state index in [1.54, 1.807) is 25.3 Å². The van der Waals surface area contributed by atoms with Crippen molar-refractivity contribution in [1.29, 1.82) is 0 Å². The number of methoxy groups -OCH3 is 1. The van der Waals surface area contributed by atoms with Crippen LogP contribution >= 0.6 is 0 Å². The van der Waals surface area contributed by atoms with Gasteiger partial charge in [-0.2, -0.15) is 0 Å². The van der Waals surface area contributed by atoms with Gasteiger partial charge in [0.2, 0.25) is 0 Å². The molecule has 31 heavy (non-hydrogen) atoms. The molecule has 0 aliphatic heterocycles. The van der Waals surface area contributed by atoms with Gasteiger partial charge in [0.1, 0.15) is 30.0 Å². The Morgan fingerprint density at radius 3 is 2.55 bits per heavy atom. The molecule has 6 heteroatoms. The third kappa shape index (κ3) is 6.70. The molecule has 0 radical (unpaired) electrons. The van der Waals surface area contributed by atoms with Gasteiger partial charge in [0.15, 0.2) is 0 Å². The highest BCUT2D eigenvalue weighted by molar-refractivity contribution is 5.31. The van der Waals surface area contributed by atoms with Crippen LogP contribution in [0.1, 0.15) is 11.3 Å². The minimum absolute atomic E-state index is 0.177. The van der Waals surface area contributed by atoms with Crippen LogP contribution in [-0.2, 0) is 13.1 Å². The Balaban J connectivity index is 1.57. The van der Waals surface area contributed by atoms with Crippen LogP contribution in [0.2, 0.25) is 0 Å². The van der Waals surface area contributed by atoms with E-state index in [4.69, 9.17) is 9.47 Å². The predicted molar refractivity (Wildman–Crippen MR) is 120 cm³/mol. The fourth-order valence-electron chi connectivity index (χ4n) is 3.39. The molecule has 1 unspecified atom stereocenters. The molecule has 0 spiro atoms. The van der Waals surface area contributed by atoms with Gasteiger partial charge in [-0.1, -0.05) is 24.3 Å². The Morgan fingerprint density at radius 1 is 1.10 bits per heavy atom. The summed E-state index contributed by atoms with van der Waals surface area (Å²) in [6.07, 6.45) is 3.08. The van der Waals surface area contributed by atoms with Gasteiger partial charge in [0.25, 0.3) is 0 Å². The van der Waals surface area contributed by atoms with Crippen molar-refractivity contribution >= 4 is 0 Å². The van der Waals surface area contributed by atoms with Crippen LogP contribution in [-0.4, -0.2) is 47.5 Å². The van der Waals surface area contributed by atoms with Gasteiger partial charge in [-0.15, -0.1) is 6.58 Å². The van der Waals surface area contributed by atoms with Crippen LogP contribution in [0.5, 0.6) is 11.5 Å². The summed E-state index contributed by atoms with van der Waals surface area (Å²) < 4.78 is 26.9. The van der Waals surface area contributed by atoms with Gasteiger partial charge in [-0.3, -0.25) is 4.90 Å². The monoisotopic (exact) mass is 424 g/mol. The van der Waals surface area contributed by atoms with Crippen molar-refractivity contribution in [2.24, 2.45) is 0 Å². The number of rotatable bonds is 12. The maximum absolute atomic E-state index is 14.0. The first kappa shape index (κ1) is 22.6. The minimum atomic E-state index is -0.669. The Morgan fingerprint density at radius 2 is 1.84 bits per heavy atom. The number of ether oxygens (including phenoxy) is 2. The summed E-state index contributed by atoms with van der Waals surface area (Å²) in [6, 6.07) is 18.0. The van der Waals surface area contributed by atoms with Crippen LogP contribution in [0.4, 0.5) is 4.39 Å². The van der Waals surface area contributed by atoms with Crippen LogP contribution in [0, 0.1) is 5.82 Å². The van der Waals surface area contributed by atoms with Crippen molar-refractivity contribution in [2.75, 3.05) is 26.8 Å². The van der Waals surface area contributed by atoms with Crippen LogP contribution in [0.25, 0.3) is 0 Å². The van der Waals surface area contributed by atoms with E-state index in [1.165, 1.54) is 6.07 Å². The highest BCUT2D eigenvalue weighted by Crippen LogP contribution is 2.17. The third-order valence-corrected chi connectivity index (χ3v) is 4.97. The highest BCUT2D eigenvalue weighted by atomic mass is 19.1. The molecule has 0 saturated heterocycles. The topological polar surface area (TPSA) is 46.9 Å². The fourth-order valence-corrected chi connectivity index (χ4v) is 3.39. The zero-order valence-electron chi connectivity index (χ0n) is 17.8. The Hall–Kier alpha value is -3.09. The van der Waals surface area contributed by atoms with Gasteiger partial charge in [-0.05, 0) is 42.5 Å². The maximum Gasteiger partial charge on any atom is 0.128 e. The number of benzene rings is 2. The molecule has 0 amide bonds. The molecule has 1 atom stereocenters. The molecular weight excluding hydrogens is 395 g/mol. The first-order valence-electron chi connectivity index (χ1n) is 10.2. The molecule has 3 aromatic rings. The molecule has 2 aromatic carbocycles. The summed E-state index contributed by atoms with van der Waals surface area (Å²) >= 11 is 0. The second-order valence-corrected chi connectivity index (χ2v) is 7.34. The second-order valence-electron chi connectivity index (χ2n) is 7.34. The summed E-state index contributed by atoms with van der Waals surface area (Å²) in [7, 11) is 1.61. The van der Waals surface area contributed by atoms with E-state index in [0.717, 1.165) is 11.4 Å². The van der Waals surface area contributed by atoms with E-state index in [9.17, 15) is 9.50 Å². The SMILES string of the molecule is C=CCN(Cc1cccn1Cc1ccccc1F)CC(O)COc1ccc(OC)cc1. The quantitative estimate of drug-likeness (QED) is 0.445. The first-order valence-corrected chi connectivity index (χ1v) is 10.2. The Kier molecular flexibility index (Phi) is 8.27. The lowest BCUT2D eigenvalue weighted by molar-refractivity contribution is 0.0689. The lowest BCUT2D eigenvalue weighted by atomic mass is 10.2. The maximum atomic E-state index is 14.0. The second kappa shape index (κ2) is 11.3. The number of aromatic nitrogens is 1. The zero-order valence-corrected chi connectivity index (χ0v) is 17.8. The van der Waals surface area contributed by atoms with Crippen LogP contribution < -0.4 is 9.47 Å². The summed E-state index contributed by atoms with van der Waals surface area (Å²) in [5.74, 6) is 1.22. The van der Waals surface area contributed by atoms with Crippen LogP contribution in [0.15, 0.2) is 79.5 Å². The molecule has 0 saturated carbocycles. The summed E-state index contributed by atoms with van der Waals surface area (Å²) in [6.45, 7) is 6.10. The Bertz CT molecular complexity index is 955. The average molecular weight is 425 g/mol. The summed E-state index contributed by atoms with van der Waals surface area (Å²) in [4.78, 5) is 2.09. The molecule has 0 aliphatic carbocycles. The van der Waals surface area contributed by atoms with Gasteiger partial charge >= 0.3 is 0 Å². The fraction of sp³-hybridized carbons (Fsp3) is 0.280. The zero-order chi connectivity index (χ0) is 22.1. The van der Waals surface area contributed by atoms with Crippen molar-refractivity contribution in [1.82, 2.24) is 9.47 Å². The van der Waals surface area contributed by atoms with E-state index in [0.29, 0.717) is 37.5 Å². The van der Waals surface area contributed by atoms with Crippen molar-refractivity contribution in [3.63, 3.8) is 0 Å². The third-order valence-electron chi connectivity index (χ3n) is 4.97. The average Bonchev–Trinajstić information content (AvgIpc) is 3.21. The highest BCUT2D eigenvalue weighted by Gasteiger charge is 2.14. The minimum Gasteiger partial charge on any atom is -0.497 e. The molecule has 0 bridgehead atoms. The number of aliphatic hydroxyl groups excluding tert-OH is 1. The van der Waals surface area contributed by atoms with Crippen molar-refractivity contribution in [3.05, 3.63) is 96.6 Å². The van der Waals surface area contributed by atoms with E-state index < -0.39 is 6.10 Å². The predicted octanol–water partition coefficient (Wildman–Crippen LogP) is 4.11. The smallest absolute Gasteiger partial charge is 0.128 e. The molecule has 1 aromatic heterocycles. The van der Waals surface area contributed by atoms with E-state index in [2.05, 4.69) is 11.5 Å². The molecule has 164 valence electrons. The number of hydrogen-bond acceptors (Lipinski definition) is 4. The molecule has 0 fully saturated rings. The normalized spacial score (nSPS) is 12.0. The Labute approximate surface area is 183 Å². The van der Waals surface area contributed by atoms with E-state index in [-0.39, 0.29) is 12.4 Å². The van der Waals surface area contributed by atoms with Gasteiger partial charge < -0.3 is 19.1 Å². The van der Waals surface area contributed by atoms with Crippen molar-refractivity contribution in [2.45, 2.75) is 19.2 Å². The number of halogens is 1. The molecule has 3 rings (SSSR count). The largest absolute Gasteiger partial charge is 0.497 e.